The number of aromatic nitrogens is 1. The molecule has 1 spiro atoms. The average molecular weight is 341 g/mol. The molecule has 0 aromatic carbocycles. The number of hydrogen-bond acceptors (Lipinski definition) is 4. The lowest BCUT2D eigenvalue weighted by Gasteiger charge is -2.57. The molecule has 4 fully saturated rings. The van der Waals surface area contributed by atoms with Gasteiger partial charge in [0.05, 0.1) is 6.10 Å². The predicted octanol–water partition coefficient (Wildman–Crippen LogP) is 3.51. The highest BCUT2D eigenvalue weighted by atomic mass is 16.5. The summed E-state index contributed by atoms with van der Waals surface area (Å²) in [5.74, 6) is 1.96. The average Bonchev–Trinajstić information content (AvgIpc) is 3.32. The largest absolute Gasteiger partial charge is 0.377 e. The van der Waals surface area contributed by atoms with Crippen molar-refractivity contribution >= 4 is 5.82 Å². The van der Waals surface area contributed by atoms with Crippen molar-refractivity contribution in [2.75, 3.05) is 24.6 Å². The van der Waals surface area contributed by atoms with E-state index in [1.165, 1.54) is 62.7 Å². The molecule has 25 heavy (non-hydrogen) atoms. The number of hydrogen-bond donors (Lipinski definition) is 1. The Morgan fingerprint density at radius 2 is 2.00 bits per heavy atom. The molecule has 4 heteroatoms. The molecule has 1 aromatic rings. The molecule has 5 rings (SSSR count). The van der Waals surface area contributed by atoms with Gasteiger partial charge in [-0.15, -0.1) is 0 Å². The smallest absolute Gasteiger partial charge is 0.133 e. The highest BCUT2D eigenvalue weighted by Gasteiger charge is 2.64. The Morgan fingerprint density at radius 1 is 1.16 bits per heavy atom. The second-order valence-corrected chi connectivity index (χ2v) is 8.58. The Bertz CT molecular complexity index is 607. The van der Waals surface area contributed by atoms with E-state index in [2.05, 4.69) is 22.3 Å². The summed E-state index contributed by atoms with van der Waals surface area (Å²) in [4.78, 5) is 7.24. The second kappa shape index (κ2) is 6.55. The van der Waals surface area contributed by atoms with Crippen LogP contribution in [0.1, 0.15) is 56.9 Å². The molecule has 3 unspecified atom stereocenters. The lowest BCUT2D eigenvalue weighted by molar-refractivity contribution is -0.130. The Kier molecular flexibility index (Phi) is 4.21. The van der Waals surface area contributed by atoms with Crippen molar-refractivity contribution in [2.45, 2.75) is 70.1 Å². The van der Waals surface area contributed by atoms with E-state index in [4.69, 9.17) is 9.72 Å². The Labute approximate surface area is 151 Å². The van der Waals surface area contributed by atoms with Crippen molar-refractivity contribution in [3.05, 3.63) is 23.9 Å². The molecule has 0 bridgehead atoms. The van der Waals surface area contributed by atoms with Gasteiger partial charge in [0.25, 0.3) is 0 Å². The molecule has 3 heterocycles. The van der Waals surface area contributed by atoms with Gasteiger partial charge in [-0.3, -0.25) is 0 Å². The van der Waals surface area contributed by atoms with E-state index in [0.29, 0.717) is 17.6 Å². The van der Waals surface area contributed by atoms with Crippen LogP contribution in [-0.2, 0) is 11.3 Å². The summed E-state index contributed by atoms with van der Waals surface area (Å²) in [6.45, 7) is 4.25. The van der Waals surface area contributed by atoms with E-state index in [-0.39, 0.29) is 0 Å². The monoisotopic (exact) mass is 341 g/mol. The van der Waals surface area contributed by atoms with Crippen LogP contribution in [0.3, 0.4) is 0 Å². The normalized spacial score (nSPS) is 33.4. The molecule has 2 aliphatic carbocycles. The third-order valence-corrected chi connectivity index (χ3v) is 7.32. The van der Waals surface area contributed by atoms with Gasteiger partial charge in [-0.2, -0.15) is 0 Å². The van der Waals surface area contributed by atoms with E-state index in [9.17, 15) is 0 Å². The molecule has 1 aromatic heterocycles. The number of fused-ring (bicyclic) bond motifs is 2. The molecule has 1 N–H and O–H groups in total. The standard InChI is InChI=1S/C21H31N3O/c1-4-12-24(13-5-1)20-16(7-6-11-22-20)15-23-18-17-8-14-25-19(17)21(18)9-2-3-10-21/h6-7,11,17-19,23H,1-5,8-10,12-15H2. The molecule has 0 amide bonds. The van der Waals surface area contributed by atoms with Gasteiger partial charge >= 0.3 is 0 Å². The van der Waals surface area contributed by atoms with Crippen LogP contribution in [0.4, 0.5) is 5.82 Å². The van der Waals surface area contributed by atoms with Crippen LogP contribution in [0, 0.1) is 11.3 Å². The van der Waals surface area contributed by atoms with Gasteiger partial charge in [0.15, 0.2) is 0 Å². The molecule has 3 atom stereocenters. The molecule has 2 saturated carbocycles. The van der Waals surface area contributed by atoms with Crippen LogP contribution in [-0.4, -0.2) is 36.8 Å². The second-order valence-electron chi connectivity index (χ2n) is 8.58. The minimum Gasteiger partial charge on any atom is -0.377 e. The Morgan fingerprint density at radius 3 is 2.84 bits per heavy atom. The van der Waals surface area contributed by atoms with Crippen LogP contribution >= 0.6 is 0 Å². The van der Waals surface area contributed by atoms with E-state index in [1.807, 2.05) is 6.20 Å². The van der Waals surface area contributed by atoms with Crippen LogP contribution in [0.25, 0.3) is 0 Å². The number of nitrogens with zero attached hydrogens (tertiary/aromatic N) is 2. The summed E-state index contributed by atoms with van der Waals surface area (Å²) in [5, 5.41) is 3.97. The molecule has 0 radical (unpaired) electrons. The maximum absolute atomic E-state index is 6.13. The summed E-state index contributed by atoms with van der Waals surface area (Å²) in [6, 6.07) is 5.02. The van der Waals surface area contributed by atoms with Crippen LogP contribution in [0.2, 0.25) is 0 Å². The first-order valence-electron chi connectivity index (χ1n) is 10.4. The lowest BCUT2D eigenvalue weighted by Crippen LogP contribution is -2.67. The van der Waals surface area contributed by atoms with Crippen molar-refractivity contribution < 1.29 is 4.74 Å². The molecule has 136 valence electrons. The Hall–Kier alpha value is -1.13. The third kappa shape index (κ3) is 2.60. The minimum atomic E-state index is 0.439. The summed E-state index contributed by atoms with van der Waals surface area (Å²) in [5.41, 5.74) is 1.81. The first-order chi connectivity index (χ1) is 12.4. The SMILES string of the molecule is c1cnc(N2CCCCC2)c(CNC2C3CCOC3C23CCCC3)c1. The maximum atomic E-state index is 6.13. The zero-order valence-electron chi connectivity index (χ0n) is 15.3. The van der Waals surface area contributed by atoms with Crippen molar-refractivity contribution in [2.24, 2.45) is 11.3 Å². The van der Waals surface area contributed by atoms with Gasteiger partial charge in [0, 0.05) is 55.4 Å². The van der Waals surface area contributed by atoms with Crippen molar-refractivity contribution in [1.82, 2.24) is 10.3 Å². The molecule has 4 nitrogen and oxygen atoms in total. The fraction of sp³-hybridized carbons (Fsp3) is 0.762. The van der Waals surface area contributed by atoms with Gasteiger partial charge in [0.2, 0.25) is 0 Å². The third-order valence-electron chi connectivity index (χ3n) is 7.32. The van der Waals surface area contributed by atoms with E-state index >= 15 is 0 Å². The number of nitrogens with one attached hydrogen (secondary N) is 1. The number of rotatable bonds is 4. The van der Waals surface area contributed by atoms with Gasteiger partial charge in [-0.1, -0.05) is 18.9 Å². The van der Waals surface area contributed by atoms with Crippen LogP contribution < -0.4 is 10.2 Å². The first-order valence-corrected chi connectivity index (χ1v) is 10.4. The summed E-state index contributed by atoms with van der Waals surface area (Å²) < 4.78 is 6.13. The molecular formula is C21H31N3O. The summed E-state index contributed by atoms with van der Waals surface area (Å²) >= 11 is 0. The van der Waals surface area contributed by atoms with Crippen molar-refractivity contribution in [1.29, 1.82) is 0 Å². The fourth-order valence-corrected chi connectivity index (χ4v) is 6.19. The molecule has 2 saturated heterocycles. The van der Waals surface area contributed by atoms with Gasteiger partial charge in [-0.25, -0.2) is 4.98 Å². The molecular weight excluding hydrogens is 310 g/mol. The fourth-order valence-electron chi connectivity index (χ4n) is 6.19. The summed E-state index contributed by atoms with van der Waals surface area (Å²) in [7, 11) is 0. The highest BCUT2D eigenvalue weighted by Crippen LogP contribution is 2.60. The molecule has 2 aliphatic heterocycles. The quantitative estimate of drug-likeness (QED) is 0.909. The topological polar surface area (TPSA) is 37.4 Å². The van der Waals surface area contributed by atoms with E-state index in [0.717, 1.165) is 32.2 Å². The summed E-state index contributed by atoms with van der Waals surface area (Å²) in [6.07, 6.45) is 13.2. The van der Waals surface area contributed by atoms with Gasteiger partial charge < -0.3 is 15.0 Å². The number of anilines is 1. The van der Waals surface area contributed by atoms with Gasteiger partial charge in [-0.05, 0) is 44.6 Å². The van der Waals surface area contributed by atoms with Crippen LogP contribution in [0.15, 0.2) is 18.3 Å². The van der Waals surface area contributed by atoms with E-state index in [1.54, 1.807) is 0 Å². The Balaban J connectivity index is 1.31. The zero-order chi connectivity index (χ0) is 16.7. The zero-order valence-corrected chi connectivity index (χ0v) is 15.3. The highest BCUT2D eigenvalue weighted by molar-refractivity contribution is 5.47. The van der Waals surface area contributed by atoms with E-state index < -0.39 is 0 Å². The van der Waals surface area contributed by atoms with Gasteiger partial charge in [0.1, 0.15) is 5.82 Å². The minimum absolute atomic E-state index is 0.439. The number of ether oxygens (including phenoxy) is 1. The predicted molar refractivity (Wildman–Crippen MR) is 99.7 cm³/mol. The first kappa shape index (κ1) is 16.1. The maximum Gasteiger partial charge on any atom is 0.133 e. The number of piperidine rings is 1. The lowest BCUT2D eigenvalue weighted by atomic mass is 9.54. The molecule has 4 aliphatic rings. The van der Waals surface area contributed by atoms with Crippen molar-refractivity contribution in [3.8, 4) is 0 Å². The van der Waals surface area contributed by atoms with Crippen molar-refractivity contribution in [3.63, 3.8) is 0 Å². The number of pyridine rings is 1. The van der Waals surface area contributed by atoms with Crippen LogP contribution in [0.5, 0.6) is 0 Å².